The van der Waals surface area contributed by atoms with Gasteiger partial charge in [0, 0.05) is 19.8 Å². The standard InChI is InChI=1S/C10H16O4/c1-8(11)12-6-9-7-13-10(14-9)4-2-3-5-10/h9H,2-7H2,1H3/t9-/m0/s1. The molecule has 0 N–H and O–H groups in total. The Morgan fingerprint density at radius 1 is 1.50 bits per heavy atom. The summed E-state index contributed by atoms with van der Waals surface area (Å²) in [7, 11) is 0. The molecular weight excluding hydrogens is 184 g/mol. The zero-order valence-corrected chi connectivity index (χ0v) is 8.45. The van der Waals surface area contributed by atoms with Crippen molar-refractivity contribution in [2.75, 3.05) is 13.2 Å². The van der Waals surface area contributed by atoms with Gasteiger partial charge in [0.1, 0.15) is 12.7 Å². The van der Waals surface area contributed by atoms with E-state index in [1.54, 1.807) is 0 Å². The first-order valence-electron chi connectivity index (χ1n) is 5.15. The second-order valence-electron chi connectivity index (χ2n) is 3.97. The quantitative estimate of drug-likeness (QED) is 0.629. The predicted octanol–water partition coefficient (Wildman–Crippen LogP) is 1.24. The molecule has 0 aromatic carbocycles. The van der Waals surface area contributed by atoms with Gasteiger partial charge in [-0.05, 0) is 12.8 Å². The number of ether oxygens (including phenoxy) is 3. The molecule has 0 unspecified atom stereocenters. The fourth-order valence-corrected chi connectivity index (χ4v) is 2.08. The van der Waals surface area contributed by atoms with Crippen LogP contribution in [0.15, 0.2) is 0 Å². The zero-order chi connectivity index (χ0) is 10.0. The highest BCUT2D eigenvalue weighted by Gasteiger charge is 2.43. The molecule has 0 aromatic rings. The van der Waals surface area contributed by atoms with Crippen molar-refractivity contribution in [3.05, 3.63) is 0 Å². The second kappa shape index (κ2) is 3.87. The van der Waals surface area contributed by atoms with Crippen LogP contribution in [0.3, 0.4) is 0 Å². The van der Waals surface area contributed by atoms with E-state index in [0.29, 0.717) is 13.2 Å². The Bertz CT molecular complexity index is 220. The van der Waals surface area contributed by atoms with E-state index in [0.717, 1.165) is 12.8 Å². The Balaban J connectivity index is 1.79. The largest absolute Gasteiger partial charge is 0.463 e. The molecule has 2 rings (SSSR count). The highest BCUT2D eigenvalue weighted by atomic mass is 16.8. The van der Waals surface area contributed by atoms with Crippen LogP contribution < -0.4 is 0 Å². The molecule has 1 atom stereocenters. The van der Waals surface area contributed by atoms with Crippen LogP contribution in [0.1, 0.15) is 32.6 Å². The first-order chi connectivity index (χ1) is 6.70. The number of hydrogen-bond acceptors (Lipinski definition) is 4. The van der Waals surface area contributed by atoms with Crippen molar-refractivity contribution in [3.8, 4) is 0 Å². The third-order valence-electron chi connectivity index (χ3n) is 2.75. The van der Waals surface area contributed by atoms with Crippen molar-refractivity contribution in [1.29, 1.82) is 0 Å². The smallest absolute Gasteiger partial charge is 0.302 e. The summed E-state index contributed by atoms with van der Waals surface area (Å²) in [5.74, 6) is -0.605. The summed E-state index contributed by atoms with van der Waals surface area (Å²) in [6.07, 6.45) is 4.21. The third kappa shape index (κ3) is 2.07. The number of carbonyl (C=O) groups is 1. The fourth-order valence-electron chi connectivity index (χ4n) is 2.08. The minimum absolute atomic E-state index is 0.0722. The van der Waals surface area contributed by atoms with E-state index in [1.807, 2.05) is 0 Å². The van der Waals surface area contributed by atoms with Gasteiger partial charge in [-0.15, -0.1) is 0 Å². The lowest BCUT2D eigenvalue weighted by atomic mass is 10.2. The van der Waals surface area contributed by atoms with Crippen LogP contribution in [0.2, 0.25) is 0 Å². The SMILES string of the molecule is CC(=O)OC[C@H]1COC2(CCCC2)O1. The Hall–Kier alpha value is -0.610. The van der Waals surface area contributed by atoms with E-state index >= 15 is 0 Å². The van der Waals surface area contributed by atoms with Crippen LogP contribution in [0.5, 0.6) is 0 Å². The van der Waals surface area contributed by atoms with Crippen LogP contribution in [0, 0.1) is 0 Å². The molecule has 0 radical (unpaired) electrons. The number of esters is 1. The predicted molar refractivity (Wildman–Crippen MR) is 48.7 cm³/mol. The fraction of sp³-hybridized carbons (Fsp3) is 0.900. The first-order valence-corrected chi connectivity index (χ1v) is 5.15. The van der Waals surface area contributed by atoms with E-state index in [2.05, 4.69) is 0 Å². The van der Waals surface area contributed by atoms with E-state index in [1.165, 1.54) is 19.8 Å². The lowest BCUT2D eigenvalue weighted by Gasteiger charge is -2.21. The maximum absolute atomic E-state index is 10.6. The molecule has 0 amide bonds. The normalized spacial score (nSPS) is 29.6. The minimum atomic E-state index is -0.342. The lowest BCUT2D eigenvalue weighted by molar-refractivity contribution is -0.171. The van der Waals surface area contributed by atoms with Crippen LogP contribution >= 0.6 is 0 Å². The van der Waals surface area contributed by atoms with Gasteiger partial charge in [0.2, 0.25) is 0 Å². The molecular formula is C10H16O4. The van der Waals surface area contributed by atoms with Crippen LogP contribution in [-0.4, -0.2) is 31.1 Å². The van der Waals surface area contributed by atoms with E-state index < -0.39 is 0 Å². The van der Waals surface area contributed by atoms with Crippen molar-refractivity contribution in [1.82, 2.24) is 0 Å². The molecule has 14 heavy (non-hydrogen) atoms. The highest BCUT2D eigenvalue weighted by Crippen LogP contribution is 2.39. The van der Waals surface area contributed by atoms with Gasteiger partial charge in [-0.25, -0.2) is 0 Å². The Labute approximate surface area is 83.5 Å². The number of hydrogen-bond donors (Lipinski definition) is 0. The molecule has 0 bridgehead atoms. The van der Waals surface area contributed by atoms with E-state index in [4.69, 9.17) is 14.2 Å². The van der Waals surface area contributed by atoms with E-state index in [-0.39, 0.29) is 17.9 Å². The Morgan fingerprint density at radius 3 is 2.86 bits per heavy atom. The monoisotopic (exact) mass is 200 g/mol. The summed E-state index contributed by atoms with van der Waals surface area (Å²) in [6.45, 7) is 2.27. The van der Waals surface area contributed by atoms with Gasteiger partial charge in [-0.1, -0.05) is 0 Å². The highest BCUT2D eigenvalue weighted by molar-refractivity contribution is 5.65. The van der Waals surface area contributed by atoms with Crippen LogP contribution in [0.25, 0.3) is 0 Å². The summed E-state index contributed by atoms with van der Waals surface area (Å²) < 4.78 is 16.3. The molecule has 4 heteroatoms. The maximum atomic E-state index is 10.6. The number of carbonyl (C=O) groups excluding carboxylic acids is 1. The van der Waals surface area contributed by atoms with Gasteiger partial charge in [0.25, 0.3) is 0 Å². The van der Waals surface area contributed by atoms with Crippen molar-refractivity contribution in [3.63, 3.8) is 0 Å². The molecule has 1 saturated heterocycles. The molecule has 1 aliphatic heterocycles. The van der Waals surface area contributed by atoms with Crippen LogP contribution in [-0.2, 0) is 19.0 Å². The van der Waals surface area contributed by atoms with Gasteiger partial charge in [0.05, 0.1) is 6.61 Å². The molecule has 2 aliphatic rings. The summed E-state index contributed by atoms with van der Waals surface area (Å²) in [4.78, 5) is 10.6. The molecule has 1 saturated carbocycles. The molecule has 1 spiro atoms. The molecule has 0 aromatic heterocycles. The second-order valence-corrected chi connectivity index (χ2v) is 3.97. The van der Waals surface area contributed by atoms with Crippen molar-refractivity contribution >= 4 is 5.97 Å². The van der Waals surface area contributed by atoms with Crippen molar-refractivity contribution < 1.29 is 19.0 Å². The topological polar surface area (TPSA) is 44.8 Å². The summed E-state index contributed by atoms with van der Waals surface area (Å²) >= 11 is 0. The maximum Gasteiger partial charge on any atom is 0.302 e. The van der Waals surface area contributed by atoms with Gasteiger partial charge < -0.3 is 14.2 Å². The Kier molecular flexibility index (Phi) is 2.74. The average Bonchev–Trinajstić information content (AvgIpc) is 2.74. The molecule has 2 fully saturated rings. The third-order valence-corrected chi connectivity index (χ3v) is 2.75. The summed E-state index contributed by atoms with van der Waals surface area (Å²) in [5.41, 5.74) is 0. The van der Waals surface area contributed by atoms with Crippen molar-refractivity contribution in [2.24, 2.45) is 0 Å². The van der Waals surface area contributed by atoms with Gasteiger partial charge in [0.15, 0.2) is 5.79 Å². The average molecular weight is 200 g/mol. The van der Waals surface area contributed by atoms with Crippen molar-refractivity contribution in [2.45, 2.75) is 44.5 Å². The molecule has 1 aliphatic carbocycles. The lowest BCUT2D eigenvalue weighted by Crippen LogP contribution is -2.28. The van der Waals surface area contributed by atoms with Gasteiger partial charge in [-0.2, -0.15) is 0 Å². The van der Waals surface area contributed by atoms with Gasteiger partial charge in [-0.3, -0.25) is 4.79 Å². The summed E-state index contributed by atoms with van der Waals surface area (Å²) in [6, 6.07) is 0. The first kappa shape index (κ1) is 9.93. The Morgan fingerprint density at radius 2 is 2.21 bits per heavy atom. The molecule has 80 valence electrons. The molecule has 1 heterocycles. The van der Waals surface area contributed by atoms with Crippen LogP contribution in [0.4, 0.5) is 0 Å². The summed E-state index contributed by atoms with van der Waals surface area (Å²) in [5, 5.41) is 0. The minimum Gasteiger partial charge on any atom is -0.463 e. The number of rotatable bonds is 2. The molecule has 4 nitrogen and oxygen atoms in total. The zero-order valence-electron chi connectivity index (χ0n) is 8.45. The van der Waals surface area contributed by atoms with E-state index in [9.17, 15) is 4.79 Å². The van der Waals surface area contributed by atoms with Gasteiger partial charge >= 0.3 is 5.97 Å².